The Bertz CT molecular complexity index is 604. The summed E-state index contributed by atoms with van der Waals surface area (Å²) in [5.74, 6) is 0.631. The van der Waals surface area contributed by atoms with Gasteiger partial charge < -0.3 is 5.32 Å². The van der Waals surface area contributed by atoms with Crippen molar-refractivity contribution in [3.63, 3.8) is 0 Å². The lowest BCUT2D eigenvalue weighted by molar-refractivity contribution is -0.384. The zero-order chi connectivity index (χ0) is 13.8. The molecular formula is C13H12ClN3O2. The second kappa shape index (κ2) is 5.67. The van der Waals surface area contributed by atoms with Gasteiger partial charge in [0.2, 0.25) is 0 Å². The van der Waals surface area contributed by atoms with Crippen LogP contribution in [0.3, 0.4) is 0 Å². The van der Waals surface area contributed by atoms with Gasteiger partial charge in [0.05, 0.1) is 11.0 Å². The minimum absolute atomic E-state index is 0.0743. The zero-order valence-electron chi connectivity index (χ0n) is 10.2. The van der Waals surface area contributed by atoms with Gasteiger partial charge in [0.25, 0.3) is 5.69 Å². The van der Waals surface area contributed by atoms with E-state index in [1.165, 1.54) is 6.07 Å². The molecular weight excluding hydrogens is 266 g/mol. The molecule has 1 unspecified atom stereocenters. The fourth-order valence-corrected chi connectivity index (χ4v) is 1.87. The Morgan fingerprint density at radius 3 is 2.74 bits per heavy atom. The van der Waals surface area contributed by atoms with Gasteiger partial charge in [0, 0.05) is 12.1 Å². The van der Waals surface area contributed by atoms with Crippen molar-refractivity contribution in [2.45, 2.75) is 13.0 Å². The second-order valence-corrected chi connectivity index (χ2v) is 4.45. The number of nitro groups is 1. The minimum Gasteiger partial charge on any atom is -0.363 e. The van der Waals surface area contributed by atoms with E-state index < -0.39 is 4.92 Å². The van der Waals surface area contributed by atoms with Crippen LogP contribution in [0.2, 0.25) is 5.15 Å². The summed E-state index contributed by atoms with van der Waals surface area (Å²) >= 11 is 5.80. The molecule has 1 aromatic heterocycles. The summed E-state index contributed by atoms with van der Waals surface area (Å²) in [5, 5.41) is 14.3. The van der Waals surface area contributed by atoms with Crippen molar-refractivity contribution in [2.24, 2.45) is 0 Å². The molecule has 1 atom stereocenters. The first kappa shape index (κ1) is 13.3. The fourth-order valence-electron chi connectivity index (χ4n) is 1.70. The van der Waals surface area contributed by atoms with E-state index in [0.29, 0.717) is 11.0 Å². The Balaban J connectivity index is 2.18. The fraction of sp³-hybridized carbons (Fsp3) is 0.154. The van der Waals surface area contributed by atoms with Gasteiger partial charge in [-0.05, 0) is 24.6 Å². The highest BCUT2D eigenvalue weighted by Crippen LogP contribution is 2.22. The molecule has 0 saturated heterocycles. The van der Waals surface area contributed by atoms with Crippen LogP contribution in [0, 0.1) is 10.1 Å². The number of hydrogen-bond acceptors (Lipinski definition) is 4. The highest BCUT2D eigenvalue weighted by atomic mass is 35.5. The third-order valence-electron chi connectivity index (χ3n) is 2.66. The quantitative estimate of drug-likeness (QED) is 0.524. The maximum atomic E-state index is 10.7. The molecule has 6 heteroatoms. The summed E-state index contributed by atoms with van der Waals surface area (Å²) in [6.45, 7) is 1.90. The predicted octanol–water partition coefficient (Wildman–Crippen LogP) is 3.82. The molecule has 5 nitrogen and oxygen atoms in total. The second-order valence-electron chi connectivity index (χ2n) is 4.06. The molecule has 0 aliphatic heterocycles. The van der Waals surface area contributed by atoms with Crippen molar-refractivity contribution in [2.75, 3.05) is 5.32 Å². The molecule has 2 rings (SSSR count). The van der Waals surface area contributed by atoms with E-state index in [1.807, 2.05) is 13.0 Å². The number of aromatic nitrogens is 1. The lowest BCUT2D eigenvalue weighted by atomic mass is 10.1. The van der Waals surface area contributed by atoms with E-state index in [2.05, 4.69) is 10.3 Å². The van der Waals surface area contributed by atoms with Crippen molar-refractivity contribution < 1.29 is 4.92 Å². The Labute approximate surface area is 115 Å². The summed E-state index contributed by atoms with van der Waals surface area (Å²) in [5.41, 5.74) is 0.890. The number of nitrogens with one attached hydrogen (secondary N) is 1. The van der Waals surface area contributed by atoms with Crippen LogP contribution in [0.5, 0.6) is 0 Å². The summed E-state index contributed by atoms with van der Waals surface area (Å²) in [4.78, 5) is 14.4. The topological polar surface area (TPSA) is 68.1 Å². The van der Waals surface area contributed by atoms with Crippen LogP contribution < -0.4 is 5.32 Å². The zero-order valence-corrected chi connectivity index (χ0v) is 11.0. The molecule has 0 fully saturated rings. The van der Waals surface area contributed by atoms with E-state index in [9.17, 15) is 10.1 Å². The number of rotatable bonds is 4. The van der Waals surface area contributed by atoms with Gasteiger partial charge in [0.15, 0.2) is 0 Å². The third-order valence-corrected chi connectivity index (χ3v) is 2.87. The van der Waals surface area contributed by atoms with Crippen LogP contribution in [-0.2, 0) is 0 Å². The number of nitro benzene ring substituents is 1. The molecule has 0 aliphatic rings. The van der Waals surface area contributed by atoms with E-state index in [4.69, 9.17) is 11.6 Å². The Kier molecular flexibility index (Phi) is 3.97. The molecule has 0 bridgehead atoms. The van der Waals surface area contributed by atoms with Crippen molar-refractivity contribution in [3.8, 4) is 0 Å². The number of halogens is 1. The molecule has 0 spiro atoms. The maximum absolute atomic E-state index is 10.7. The number of anilines is 1. The largest absolute Gasteiger partial charge is 0.363 e. The molecule has 1 heterocycles. The first-order valence-electron chi connectivity index (χ1n) is 5.70. The lowest BCUT2D eigenvalue weighted by Crippen LogP contribution is -2.08. The number of hydrogen-bond donors (Lipinski definition) is 1. The first-order valence-corrected chi connectivity index (χ1v) is 6.07. The van der Waals surface area contributed by atoms with Crippen LogP contribution >= 0.6 is 11.6 Å². The van der Waals surface area contributed by atoms with Gasteiger partial charge in [0.1, 0.15) is 11.0 Å². The molecule has 0 radical (unpaired) electrons. The Hall–Kier alpha value is -2.14. The highest BCUT2D eigenvalue weighted by Gasteiger charge is 2.11. The average Bonchev–Trinajstić information content (AvgIpc) is 2.39. The number of pyridine rings is 1. The van der Waals surface area contributed by atoms with Crippen molar-refractivity contribution in [1.29, 1.82) is 0 Å². The molecule has 98 valence electrons. The molecule has 0 saturated carbocycles. The summed E-state index contributed by atoms with van der Waals surface area (Å²) in [7, 11) is 0. The van der Waals surface area contributed by atoms with E-state index in [0.717, 1.165) is 5.56 Å². The van der Waals surface area contributed by atoms with Gasteiger partial charge in [-0.3, -0.25) is 10.1 Å². The smallest absolute Gasteiger partial charge is 0.269 e. The van der Waals surface area contributed by atoms with E-state index in [1.54, 1.807) is 30.3 Å². The van der Waals surface area contributed by atoms with Crippen LogP contribution in [0.15, 0.2) is 42.5 Å². The maximum Gasteiger partial charge on any atom is 0.269 e. The molecule has 19 heavy (non-hydrogen) atoms. The summed E-state index contributed by atoms with van der Waals surface area (Å²) in [6.07, 6.45) is 0. The van der Waals surface area contributed by atoms with Crippen LogP contribution in [-0.4, -0.2) is 9.91 Å². The number of non-ortho nitro benzene ring substituents is 1. The van der Waals surface area contributed by atoms with E-state index in [-0.39, 0.29) is 11.7 Å². The monoisotopic (exact) mass is 277 g/mol. The average molecular weight is 278 g/mol. The number of benzene rings is 1. The Morgan fingerprint density at radius 1 is 1.32 bits per heavy atom. The van der Waals surface area contributed by atoms with Gasteiger partial charge >= 0.3 is 0 Å². The molecule has 1 N–H and O–H groups in total. The third kappa shape index (κ3) is 3.42. The van der Waals surface area contributed by atoms with Gasteiger partial charge in [-0.2, -0.15) is 0 Å². The lowest BCUT2D eigenvalue weighted by Gasteiger charge is -2.14. The predicted molar refractivity (Wildman–Crippen MR) is 74.4 cm³/mol. The van der Waals surface area contributed by atoms with Gasteiger partial charge in [-0.15, -0.1) is 0 Å². The summed E-state index contributed by atoms with van der Waals surface area (Å²) in [6, 6.07) is 11.7. The summed E-state index contributed by atoms with van der Waals surface area (Å²) < 4.78 is 0. The van der Waals surface area contributed by atoms with Crippen molar-refractivity contribution >= 4 is 23.1 Å². The number of nitrogens with zero attached hydrogens (tertiary/aromatic N) is 2. The van der Waals surface area contributed by atoms with Crippen LogP contribution in [0.1, 0.15) is 18.5 Å². The SMILES string of the molecule is CC(Nc1cccc(Cl)n1)c1cccc([N+](=O)[O-])c1. The Morgan fingerprint density at radius 2 is 2.05 bits per heavy atom. The van der Waals surface area contributed by atoms with Crippen molar-refractivity contribution in [3.05, 3.63) is 63.3 Å². The highest BCUT2D eigenvalue weighted by molar-refractivity contribution is 6.29. The molecule has 0 aliphatic carbocycles. The first-order chi connectivity index (χ1) is 9.06. The van der Waals surface area contributed by atoms with Crippen LogP contribution in [0.25, 0.3) is 0 Å². The molecule has 1 aromatic carbocycles. The standard InChI is InChI=1S/C13H12ClN3O2/c1-9(15-13-7-3-6-12(14)16-13)10-4-2-5-11(8-10)17(18)19/h2-9H,1H3,(H,15,16). The van der Waals surface area contributed by atoms with Crippen molar-refractivity contribution in [1.82, 2.24) is 4.98 Å². The van der Waals surface area contributed by atoms with Gasteiger partial charge in [-0.25, -0.2) is 4.98 Å². The van der Waals surface area contributed by atoms with Gasteiger partial charge in [-0.1, -0.05) is 29.8 Å². The molecule has 0 amide bonds. The van der Waals surface area contributed by atoms with Crippen LogP contribution in [0.4, 0.5) is 11.5 Å². The minimum atomic E-state index is -0.409. The molecule has 2 aromatic rings. The van der Waals surface area contributed by atoms with E-state index >= 15 is 0 Å². The normalized spacial score (nSPS) is 11.9.